The van der Waals surface area contributed by atoms with Crippen LogP contribution in [0, 0.1) is 0 Å². The van der Waals surface area contributed by atoms with Crippen LogP contribution in [0.4, 0.5) is 4.79 Å². The standard InChI is InChI=1S/C11H14ClNO5S/c1-3-7-18-9-6-4-5-8(12)10(9)19(15,16)13-11(14)17-2/h4-6H,3,7H2,1-2H3,(H,13,14). The third kappa shape index (κ3) is 4.00. The highest BCUT2D eigenvalue weighted by Crippen LogP contribution is 2.31. The van der Waals surface area contributed by atoms with Crippen LogP contribution < -0.4 is 9.46 Å². The van der Waals surface area contributed by atoms with Crippen molar-refractivity contribution in [2.45, 2.75) is 18.2 Å². The molecule has 0 aliphatic heterocycles. The second kappa shape index (κ2) is 6.63. The molecule has 0 heterocycles. The first kappa shape index (κ1) is 15.6. The van der Waals surface area contributed by atoms with Crippen molar-refractivity contribution in [2.24, 2.45) is 0 Å². The van der Waals surface area contributed by atoms with Gasteiger partial charge in [-0.15, -0.1) is 0 Å². The Kier molecular flexibility index (Phi) is 5.44. The van der Waals surface area contributed by atoms with Crippen LogP contribution in [-0.2, 0) is 14.8 Å². The minimum Gasteiger partial charge on any atom is -0.492 e. The fraction of sp³-hybridized carbons (Fsp3) is 0.364. The summed E-state index contributed by atoms with van der Waals surface area (Å²) in [4.78, 5) is 10.8. The molecule has 0 bridgehead atoms. The molecule has 1 aromatic carbocycles. The van der Waals surface area contributed by atoms with Crippen LogP contribution in [0.3, 0.4) is 0 Å². The molecule has 0 atom stereocenters. The molecular formula is C11H14ClNO5S. The summed E-state index contributed by atoms with van der Waals surface area (Å²) in [5, 5.41) is -0.0370. The first-order valence-corrected chi connectivity index (χ1v) is 7.30. The van der Waals surface area contributed by atoms with Crippen molar-refractivity contribution in [2.75, 3.05) is 13.7 Å². The molecule has 19 heavy (non-hydrogen) atoms. The van der Waals surface area contributed by atoms with E-state index in [0.717, 1.165) is 7.11 Å². The van der Waals surface area contributed by atoms with Crippen LogP contribution in [0.25, 0.3) is 0 Å². The highest BCUT2D eigenvalue weighted by molar-refractivity contribution is 7.90. The molecule has 0 aliphatic rings. The summed E-state index contributed by atoms with van der Waals surface area (Å²) in [5.74, 6) is 0.0887. The molecule has 106 valence electrons. The number of hydrogen-bond acceptors (Lipinski definition) is 5. The lowest BCUT2D eigenvalue weighted by molar-refractivity contribution is 0.177. The Balaban J connectivity index is 3.20. The van der Waals surface area contributed by atoms with Gasteiger partial charge in [-0.1, -0.05) is 24.6 Å². The minimum absolute atomic E-state index is 0.0370. The first-order valence-electron chi connectivity index (χ1n) is 5.44. The Morgan fingerprint density at radius 1 is 1.42 bits per heavy atom. The van der Waals surface area contributed by atoms with Gasteiger partial charge in [-0.2, -0.15) is 0 Å². The van der Waals surface area contributed by atoms with E-state index in [-0.39, 0.29) is 15.7 Å². The van der Waals surface area contributed by atoms with Crippen LogP contribution in [-0.4, -0.2) is 28.2 Å². The quantitative estimate of drug-likeness (QED) is 0.901. The lowest BCUT2D eigenvalue weighted by Gasteiger charge is -2.13. The largest absolute Gasteiger partial charge is 0.492 e. The Hall–Kier alpha value is -1.47. The van der Waals surface area contributed by atoms with Gasteiger partial charge in [0.05, 0.1) is 18.7 Å². The van der Waals surface area contributed by atoms with Gasteiger partial charge in [0.25, 0.3) is 10.0 Å². The molecule has 1 amide bonds. The van der Waals surface area contributed by atoms with E-state index in [4.69, 9.17) is 16.3 Å². The average molecular weight is 308 g/mol. The number of halogens is 1. The van der Waals surface area contributed by atoms with Gasteiger partial charge in [0.1, 0.15) is 10.6 Å². The highest BCUT2D eigenvalue weighted by atomic mass is 35.5. The van der Waals surface area contributed by atoms with Crippen molar-refractivity contribution in [3.8, 4) is 5.75 Å². The van der Waals surface area contributed by atoms with Crippen molar-refractivity contribution < 1.29 is 22.7 Å². The van der Waals surface area contributed by atoms with Crippen molar-refractivity contribution in [1.82, 2.24) is 4.72 Å². The van der Waals surface area contributed by atoms with E-state index < -0.39 is 16.1 Å². The molecule has 0 spiro atoms. The van der Waals surface area contributed by atoms with Crippen LogP contribution >= 0.6 is 11.6 Å². The molecule has 0 radical (unpaired) electrons. The number of benzene rings is 1. The van der Waals surface area contributed by atoms with Gasteiger partial charge >= 0.3 is 6.09 Å². The Morgan fingerprint density at radius 2 is 2.11 bits per heavy atom. The van der Waals surface area contributed by atoms with Gasteiger partial charge in [-0.05, 0) is 18.6 Å². The number of hydrogen-bond donors (Lipinski definition) is 1. The highest BCUT2D eigenvalue weighted by Gasteiger charge is 2.25. The molecule has 1 aromatic rings. The van der Waals surface area contributed by atoms with E-state index >= 15 is 0 Å². The summed E-state index contributed by atoms with van der Waals surface area (Å²) < 4.78 is 35.4. The maximum Gasteiger partial charge on any atom is 0.420 e. The predicted octanol–water partition coefficient (Wildman–Crippen LogP) is 2.17. The zero-order chi connectivity index (χ0) is 14.5. The third-order valence-corrected chi connectivity index (χ3v) is 3.89. The molecule has 1 N–H and O–H groups in total. The summed E-state index contributed by atoms with van der Waals surface area (Å²) in [6.07, 6.45) is -0.391. The van der Waals surface area contributed by atoms with Crippen LogP contribution in [0.2, 0.25) is 5.02 Å². The van der Waals surface area contributed by atoms with Gasteiger partial charge < -0.3 is 9.47 Å². The normalized spacial score (nSPS) is 10.9. The molecule has 0 fully saturated rings. The van der Waals surface area contributed by atoms with Crippen LogP contribution in [0.5, 0.6) is 5.75 Å². The number of methoxy groups -OCH3 is 1. The number of rotatable bonds is 5. The fourth-order valence-corrected chi connectivity index (χ4v) is 2.87. The average Bonchev–Trinajstić information content (AvgIpc) is 2.35. The van der Waals surface area contributed by atoms with Crippen molar-refractivity contribution in [3.63, 3.8) is 0 Å². The molecule has 0 aromatic heterocycles. The Labute approximate surface area is 116 Å². The summed E-state index contributed by atoms with van der Waals surface area (Å²) in [7, 11) is -3.08. The van der Waals surface area contributed by atoms with Gasteiger partial charge in [0.2, 0.25) is 0 Å². The van der Waals surface area contributed by atoms with E-state index in [9.17, 15) is 13.2 Å². The number of sulfonamides is 1. The molecule has 0 saturated carbocycles. The zero-order valence-corrected chi connectivity index (χ0v) is 12.0. The summed E-state index contributed by atoms with van der Waals surface area (Å²) >= 11 is 5.87. The monoisotopic (exact) mass is 307 g/mol. The molecule has 6 nitrogen and oxygen atoms in total. The van der Waals surface area contributed by atoms with Crippen LogP contribution in [0.1, 0.15) is 13.3 Å². The second-order valence-corrected chi connectivity index (χ2v) is 5.54. The maximum absolute atomic E-state index is 12.0. The summed E-state index contributed by atoms with van der Waals surface area (Å²) in [6.45, 7) is 2.21. The summed E-state index contributed by atoms with van der Waals surface area (Å²) in [6, 6.07) is 4.42. The maximum atomic E-state index is 12.0. The van der Waals surface area contributed by atoms with Crippen LogP contribution in [0.15, 0.2) is 23.1 Å². The van der Waals surface area contributed by atoms with E-state index in [1.807, 2.05) is 6.92 Å². The zero-order valence-electron chi connectivity index (χ0n) is 10.5. The van der Waals surface area contributed by atoms with Crippen molar-refractivity contribution in [3.05, 3.63) is 23.2 Å². The number of nitrogens with one attached hydrogen (secondary N) is 1. The number of carbonyl (C=O) groups is 1. The topological polar surface area (TPSA) is 81.7 Å². The van der Waals surface area contributed by atoms with E-state index in [2.05, 4.69) is 4.74 Å². The number of amides is 1. The van der Waals surface area contributed by atoms with E-state index in [1.54, 1.807) is 10.8 Å². The van der Waals surface area contributed by atoms with Crippen molar-refractivity contribution >= 4 is 27.7 Å². The fourth-order valence-electron chi connectivity index (χ4n) is 1.28. The first-order chi connectivity index (χ1) is 8.92. The lowest BCUT2D eigenvalue weighted by atomic mass is 10.3. The molecule has 8 heteroatoms. The Bertz CT molecular complexity index is 558. The van der Waals surface area contributed by atoms with Gasteiger partial charge in [-0.3, -0.25) is 0 Å². The smallest absolute Gasteiger partial charge is 0.420 e. The summed E-state index contributed by atoms with van der Waals surface area (Å²) in [5.41, 5.74) is 0. The van der Waals surface area contributed by atoms with E-state index in [0.29, 0.717) is 13.0 Å². The lowest BCUT2D eigenvalue weighted by Crippen LogP contribution is -2.30. The SMILES string of the molecule is CCCOc1cccc(Cl)c1S(=O)(=O)NC(=O)OC. The molecular weight excluding hydrogens is 294 g/mol. The molecule has 0 aliphatic carbocycles. The minimum atomic E-state index is -4.14. The van der Waals surface area contributed by atoms with Gasteiger partial charge in [0, 0.05) is 0 Å². The van der Waals surface area contributed by atoms with E-state index in [1.165, 1.54) is 12.1 Å². The van der Waals surface area contributed by atoms with Crippen molar-refractivity contribution in [1.29, 1.82) is 0 Å². The van der Waals surface area contributed by atoms with Gasteiger partial charge in [-0.25, -0.2) is 17.9 Å². The number of carbonyl (C=O) groups excluding carboxylic acids is 1. The second-order valence-electron chi connectivity index (χ2n) is 3.51. The predicted molar refractivity (Wildman–Crippen MR) is 70.0 cm³/mol. The number of ether oxygens (including phenoxy) is 2. The molecule has 1 rings (SSSR count). The Morgan fingerprint density at radius 3 is 2.68 bits per heavy atom. The molecule has 0 saturated heterocycles. The van der Waals surface area contributed by atoms with Gasteiger partial charge in [0.15, 0.2) is 0 Å². The molecule has 0 unspecified atom stereocenters. The third-order valence-electron chi connectivity index (χ3n) is 2.06.